The van der Waals surface area contributed by atoms with Crippen LogP contribution in [0, 0.1) is 5.92 Å². The molecule has 1 aliphatic carbocycles. The monoisotopic (exact) mass is 261 g/mol. The van der Waals surface area contributed by atoms with Crippen LogP contribution in [0.15, 0.2) is 24.3 Å². The molecule has 1 aliphatic rings. The zero-order chi connectivity index (χ0) is 13.8. The number of aliphatic hydroxyl groups is 1. The SMILES string of the molecule is CC(C)CC(CO)NC1CCC(C)c2ccccc21. The predicted octanol–water partition coefficient (Wildman–Crippen LogP) is 3.62. The lowest BCUT2D eigenvalue weighted by atomic mass is 9.80. The van der Waals surface area contributed by atoms with Crippen molar-refractivity contribution < 1.29 is 5.11 Å². The summed E-state index contributed by atoms with van der Waals surface area (Å²) in [7, 11) is 0. The van der Waals surface area contributed by atoms with E-state index >= 15 is 0 Å². The van der Waals surface area contributed by atoms with Crippen LogP contribution in [0.25, 0.3) is 0 Å². The Hall–Kier alpha value is -0.860. The minimum absolute atomic E-state index is 0.214. The van der Waals surface area contributed by atoms with Gasteiger partial charge in [0, 0.05) is 12.1 Å². The fraction of sp³-hybridized carbons (Fsp3) is 0.647. The normalized spacial score (nSPS) is 24.3. The van der Waals surface area contributed by atoms with E-state index < -0.39 is 0 Å². The summed E-state index contributed by atoms with van der Waals surface area (Å²) < 4.78 is 0. The van der Waals surface area contributed by atoms with Crippen LogP contribution in [-0.2, 0) is 0 Å². The first-order valence-electron chi connectivity index (χ1n) is 7.57. The summed E-state index contributed by atoms with van der Waals surface area (Å²) in [4.78, 5) is 0. The van der Waals surface area contributed by atoms with E-state index in [4.69, 9.17) is 0 Å². The second kappa shape index (κ2) is 6.53. The Morgan fingerprint density at radius 3 is 2.53 bits per heavy atom. The van der Waals surface area contributed by atoms with E-state index in [1.54, 1.807) is 0 Å². The predicted molar refractivity (Wildman–Crippen MR) is 80.3 cm³/mol. The molecule has 2 heteroatoms. The Bertz CT molecular complexity index is 402. The average molecular weight is 261 g/mol. The molecule has 2 N–H and O–H groups in total. The maximum Gasteiger partial charge on any atom is 0.0584 e. The molecule has 106 valence electrons. The number of nitrogens with one attached hydrogen (secondary N) is 1. The van der Waals surface area contributed by atoms with Crippen molar-refractivity contribution in [1.82, 2.24) is 5.32 Å². The number of benzene rings is 1. The molecule has 1 aromatic rings. The smallest absolute Gasteiger partial charge is 0.0584 e. The molecule has 0 aromatic heterocycles. The molecule has 1 aromatic carbocycles. The van der Waals surface area contributed by atoms with Gasteiger partial charge in [-0.25, -0.2) is 0 Å². The lowest BCUT2D eigenvalue weighted by Gasteiger charge is -2.33. The molecular weight excluding hydrogens is 234 g/mol. The van der Waals surface area contributed by atoms with Crippen molar-refractivity contribution in [1.29, 1.82) is 0 Å². The summed E-state index contributed by atoms with van der Waals surface area (Å²) in [5.41, 5.74) is 2.91. The van der Waals surface area contributed by atoms with Gasteiger partial charge in [-0.1, -0.05) is 45.0 Å². The second-order valence-corrected chi connectivity index (χ2v) is 6.34. The fourth-order valence-electron chi connectivity index (χ4n) is 3.23. The molecule has 19 heavy (non-hydrogen) atoms. The van der Waals surface area contributed by atoms with Gasteiger partial charge in [0.25, 0.3) is 0 Å². The highest BCUT2D eigenvalue weighted by Gasteiger charge is 2.26. The minimum Gasteiger partial charge on any atom is -0.395 e. The molecule has 0 radical (unpaired) electrons. The first-order valence-corrected chi connectivity index (χ1v) is 7.57. The largest absolute Gasteiger partial charge is 0.395 e. The van der Waals surface area contributed by atoms with Crippen molar-refractivity contribution in [2.24, 2.45) is 5.92 Å². The molecule has 0 bridgehead atoms. The van der Waals surface area contributed by atoms with Crippen LogP contribution in [0.2, 0.25) is 0 Å². The van der Waals surface area contributed by atoms with Gasteiger partial charge in [-0.15, -0.1) is 0 Å². The third-order valence-corrected chi connectivity index (χ3v) is 4.20. The van der Waals surface area contributed by atoms with Crippen molar-refractivity contribution in [3.05, 3.63) is 35.4 Å². The molecule has 0 saturated heterocycles. The lowest BCUT2D eigenvalue weighted by molar-refractivity contribution is 0.207. The molecule has 3 atom stereocenters. The molecule has 0 aliphatic heterocycles. The van der Waals surface area contributed by atoms with Crippen LogP contribution in [0.3, 0.4) is 0 Å². The van der Waals surface area contributed by atoms with Crippen LogP contribution >= 0.6 is 0 Å². The number of hydrogen-bond donors (Lipinski definition) is 2. The Labute approximate surface area is 117 Å². The van der Waals surface area contributed by atoms with E-state index in [1.807, 2.05) is 0 Å². The number of fused-ring (bicyclic) bond motifs is 1. The Morgan fingerprint density at radius 2 is 1.89 bits per heavy atom. The molecule has 0 amide bonds. The van der Waals surface area contributed by atoms with Crippen molar-refractivity contribution in [3.8, 4) is 0 Å². The average Bonchev–Trinajstić information content (AvgIpc) is 2.41. The van der Waals surface area contributed by atoms with E-state index in [0.717, 1.165) is 6.42 Å². The Balaban J connectivity index is 2.11. The summed E-state index contributed by atoms with van der Waals surface area (Å²) >= 11 is 0. The van der Waals surface area contributed by atoms with Crippen molar-refractivity contribution in [2.75, 3.05) is 6.61 Å². The molecule has 3 unspecified atom stereocenters. The van der Waals surface area contributed by atoms with Gasteiger partial charge in [-0.3, -0.25) is 0 Å². The van der Waals surface area contributed by atoms with Gasteiger partial charge in [-0.2, -0.15) is 0 Å². The maximum atomic E-state index is 9.54. The summed E-state index contributed by atoms with van der Waals surface area (Å²) in [6, 6.07) is 9.38. The van der Waals surface area contributed by atoms with Gasteiger partial charge >= 0.3 is 0 Å². The molecule has 0 saturated carbocycles. The van der Waals surface area contributed by atoms with E-state index in [9.17, 15) is 5.11 Å². The molecule has 2 rings (SSSR count). The molecular formula is C17H27NO. The van der Waals surface area contributed by atoms with Gasteiger partial charge in [-0.05, 0) is 42.2 Å². The maximum absolute atomic E-state index is 9.54. The topological polar surface area (TPSA) is 32.3 Å². The molecule has 2 nitrogen and oxygen atoms in total. The Morgan fingerprint density at radius 1 is 1.21 bits per heavy atom. The van der Waals surface area contributed by atoms with E-state index in [0.29, 0.717) is 17.9 Å². The van der Waals surface area contributed by atoms with Gasteiger partial charge in [0.15, 0.2) is 0 Å². The van der Waals surface area contributed by atoms with E-state index in [2.05, 4.69) is 50.4 Å². The zero-order valence-corrected chi connectivity index (χ0v) is 12.4. The van der Waals surface area contributed by atoms with Crippen LogP contribution in [0.4, 0.5) is 0 Å². The zero-order valence-electron chi connectivity index (χ0n) is 12.4. The fourth-order valence-corrected chi connectivity index (χ4v) is 3.23. The van der Waals surface area contributed by atoms with E-state index in [1.165, 1.54) is 24.0 Å². The third kappa shape index (κ3) is 3.58. The number of hydrogen-bond acceptors (Lipinski definition) is 2. The summed E-state index contributed by atoms with van der Waals surface area (Å²) in [5, 5.41) is 13.2. The van der Waals surface area contributed by atoms with Crippen LogP contribution < -0.4 is 5.32 Å². The minimum atomic E-state index is 0.214. The first kappa shape index (κ1) is 14.5. The highest BCUT2D eigenvalue weighted by atomic mass is 16.3. The third-order valence-electron chi connectivity index (χ3n) is 4.20. The van der Waals surface area contributed by atoms with Crippen LogP contribution in [0.1, 0.15) is 63.1 Å². The van der Waals surface area contributed by atoms with Gasteiger partial charge in [0.1, 0.15) is 0 Å². The second-order valence-electron chi connectivity index (χ2n) is 6.34. The quantitative estimate of drug-likeness (QED) is 0.848. The van der Waals surface area contributed by atoms with Gasteiger partial charge < -0.3 is 10.4 Å². The standard InChI is InChI=1S/C17H27NO/c1-12(2)10-14(11-19)18-17-9-8-13(3)15-6-4-5-7-16(15)17/h4-7,12-14,17-19H,8-11H2,1-3H3. The van der Waals surface area contributed by atoms with Crippen LogP contribution in [0.5, 0.6) is 0 Å². The van der Waals surface area contributed by atoms with Gasteiger partial charge in [0.2, 0.25) is 0 Å². The van der Waals surface area contributed by atoms with Crippen molar-refractivity contribution in [3.63, 3.8) is 0 Å². The Kier molecular flexibility index (Phi) is 5.00. The number of rotatable bonds is 5. The van der Waals surface area contributed by atoms with Crippen LogP contribution in [-0.4, -0.2) is 17.8 Å². The molecule has 0 spiro atoms. The molecule has 0 heterocycles. The first-order chi connectivity index (χ1) is 9.11. The number of aliphatic hydroxyl groups excluding tert-OH is 1. The van der Waals surface area contributed by atoms with E-state index in [-0.39, 0.29) is 12.6 Å². The van der Waals surface area contributed by atoms with Crippen molar-refractivity contribution >= 4 is 0 Å². The highest BCUT2D eigenvalue weighted by molar-refractivity contribution is 5.35. The summed E-state index contributed by atoms with van der Waals surface area (Å²) in [5.74, 6) is 1.27. The summed E-state index contributed by atoms with van der Waals surface area (Å²) in [6.45, 7) is 6.96. The highest BCUT2D eigenvalue weighted by Crippen LogP contribution is 2.37. The summed E-state index contributed by atoms with van der Waals surface area (Å²) in [6.07, 6.45) is 3.44. The van der Waals surface area contributed by atoms with Gasteiger partial charge in [0.05, 0.1) is 6.61 Å². The van der Waals surface area contributed by atoms with Crippen molar-refractivity contribution in [2.45, 2.75) is 58.0 Å². The lowest BCUT2D eigenvalue weighted by Crippen LogP contribution is -2.38. The molecule has 0 fully saturated rings.